The normalized spacial score (nSPS) is 11.4. The van der Waals surface area contributed by atoms with E-state index in [1.54, 1.807) is 11.3 Å². The lowest BCUT2D eigenvalue weighted by molar-refractivity contribution is 0.102. The number of hydrogen-bond donors (Lipinski definition) is 2. The van der Waals surface area contributed by atoms with Gasteiger partial charge in [0, 0.05) is 28.7 Å². The summed E-state index contributed by atoms with van der Waals surface area (Å²) in [6.45, 7) is 2.59. The number of rotatable bonds is 4. The zero-order valence-electron chi connectivity index (χ0n) is 13.5. The minimum Gasteiger partial charge on any atom is -0.350 e. The number of carbonyl (C=O) groups is 1. The van der Waals surface area contributed by atoms with Crippen LogP contribution < -0.4 is 5.32 Å². The van der Waals surface area contributed by atoms with Gasteiger partial charge in [0.15, 0.2) is 0 Å². The van der Waals surface area contributed by atoms with Crippen LogP contribution in [0.1, 0.15) is 20.9 Å². The predicted molar refractivity (Wildman–Crippen MR) is 92.6 cm³/mol. The molecular formula is C17H17F2N3OS. The number of benzene rings is 1. The van der Waals surface area contributed by atoms with E-state index in [-0.39, 0.29) is 5.69 Å². The van der Waals surface area contributed by atoms with Crippen LogP contribution in [0.25, 0.3) is 10.2 Å². The first kappa shape index (κ1) is 16.6. The van der Waals surface area contributed by atoms with Crippen LogP contribution >= 0.6 is 11.3 Å². The van der Waals surface area contributed by atoms with Crippen LogP contribution in [-0.4, -0.2) is 29.9 Å². The molecule has 0 bridgehead atoms. The molecule has 2 N–H and O–H groups in total. The molecule has 7 heteroatoms. The number of nitrogens with one attached hydrogen (secondary N) is 2. The quantitative estimate of drug-likeness (QED) is 0.744. The van der Waals surface area contributed by atoms with E-state index < -0.39 is 17.5 Å². The molecule has 0 aliphatic rings. The first-order chi connectivity index (χ1) is 11.3. The van der Waals surface area contributed by atoms with E-state index >= 15 is 0 Å². The van der Waals surface area contributed by atoms with Crippen molar-refractivity contribution >= 4 is 33.1 Å². The van der Waals surface area contributed by atoms with Crippen molar-refractivity contribution in [2.75, 3.05) is 19.4 Å². The summed E-state index contributed by atoms with van der Waals surface area (Å²) in [5.74, 6) is -1.89. The number of amides is 1. The number of thiophene rings is 1. The van der Waals surface area contributed by atoms with Gasteiger partial charge in [-0.05, 0) is 39.2 Å². The number of fused-ring (bicyclic) bond motifs is 1. The standard InChI is InChI=1S/C17H17F2N3OS/c1-9-4-14-16(24-9)13(8-22(2)3)15(21-14)17(23)20-12-6-10(18)5-11(19)7-12/h4-7,21H,8H2,1-3H3,(H,20,23). The molecule has 1 amide bonds. The van der Waals surface area contributed by atoms with E-state index in [4.69, 9.17) is 0 Å². The molecule has 0 unspecified atom stereocenters. The second kappa shape index (κ2) is 6.33. The van der Waals surface area contributed by atoms with Crippen molar-refractivity contribution in [1.82, 2.24) is 9.88 Å². The second-order valence-corrected chi connectivity index (χ2v) is 7.18. The summed E-state index contributed by atoms with van der Waals surface area (Å²) in [7, 11) is 3.84. The maximum absolute atomic E-state index is 13.3. The Bertz CT molecular complexity index is 894. The third kappa shape index (κ3) is 3.32. The number of H-pyrrole nitrogens is 1. The lowest BCUT2D eigenvalue weighted by Gasteiger charge is -2.11. The Morgan fingerprint density at radius 3 is 2.50 bits per heavy atom. The zero-order valence-corrected chi connectivity index (χ0v) is 14.4. The van der Waals surface area contributed by atoms with Gasteiger partial charge >= 0.3 is 0 Å². The smallest absolute Gasteiger partial charge is 0.272 e. The van der Waals surface area contributed by atoms with Gasteiger partial charge in [0.25, 0.3) is 5.91 Å². The number of halogens is 2. The number of aromatic amines is 1. The first-order valence-electron chi connectivity index (χ1n) is 7.36. The molecule has 0 fully saturated rings. The van der Waals surface area contributed by atoms with Crippen LogP contribution in [0.4, 0.5) is 14.5 Å². The Labute approximate surface area is 142 Å². The van der Waals surface area contributed by atoms with Crippen LogP contribution in [0.2, 0.25) is 0 Å². The third-order valence-corrected chi connectivity index (χ3v) is 4.62. The molecular weight excluding hydrogens is 332 g/mol. The SMILES string of the molecule is Cc1cc2[nH]c(C(=O)Nc3cc(F)cc(F)c3)c(CN(C)C)c2s1. The van der Waals surface area contributed by atoms with Crippen LogP contribution in [0, 0.1) is 18.6 Å². The summed E-state index contributed by atoms with van der Waals surface area (Å²) < 4.78 is 27.6. The van der Waals surface area contributed by atoms with Crippen molar-refractivity contribution in [3.05, 3.63) is 52.0 Å². The molecule has 2 aromatic heterocycles. The minimum atomic E-state index is -0.734. The van der Waals surface area contributed by atoms with Gasteiger partial charge in [0.1, 0.15) is 17.3 Å². The molecule has 0 radical (unpaired) electrons. The lowest BCUT2D eigenvalue weighted by atomic mass is 10.2. The van der Waals surface area contributed by atoms with Crippen LogP contribution in [0.5, 0.6) is 0 Å². The molecule has 0 atom stereocenters. The maximum Gasteiger partial charge on any atom is 0.272 e. The monoisotopic (exact) mass is 349 g/mol. The number of anilines is 1. The lowest BCUT2D eigenvalue weighted by Crippen LogP contribution is -2.18. The van der Waals surface area contributed by atoms with Gasteiger partial charge in [0.05, 0.1) is 10.2 Å². The Morgan fingerprint density at radius 2 is 1.88 bits per heavy atom. The van der Waals surface area contributed by atoms with Crippen molar-refractivity contribution in [3.63, 3.8) is 0 Å². The van der Waals surface area contributed by atoms with Crippen molar-refractivity contribution in [2.24, 2.45) is 0 Å². The molecule has 0 aliphatic heterocycles. The molecule has 24 heavy (non-hydrogen) atoms. The van der Waals surface area contributed by atoms with E-state index in [9.17, 15) is 13.6 Å². The van der Waals surface area contributed by atoms with E-state index in [0.717, 1.165) is 38.9 Å². The van der Waals surface area contributed by atoms with Gasteiger partial charge in [-0.2, -0.15) is 0 Å². The predicted octanol–water partition coefficient (Wildman–Crippen LogP) is 4.13. The van der Waals surface area contributed by atoms with Gasteiger partial charge < -0.3 is 15.2 Å². The van der Waals surface area contributed by atoms with E-state index in [1.165, 1.54) is 0 Å². The first-order valence-corrected chi connectivity index (χ1v) is 8.18. The van der Waals surface area contributed by atoms with Gasteiger partial charge in [-0.3, -0.25) is 4.79 Å². The Hall–Kier alpha value is -2.25. The van der Waals surface area contributed by atoms with Gasteiger partial charge in [-0.15, -0.1) is 11.3 Å². The molecule has 3 aromatic rings. The van der Waals surface area contributed by atoms with Gasteiger partial charge in [0.2, 0.25) is 0 Å². The molecule has 2 heterocycles. The summed E-state index contributed by atoms with van der Waals surface area (Å²) in [5.41, 5.74) is 2.27. The molecule has 126 valence electrons. The van der Waals surface area contributed by atoms with E-state index in [1.807, 2.05) is 32.0 Å². The highest BCUT2D eigenvalue weighted by Gasteiger charge is 2.20. The van der Waals surface area contributed by atoms with E-state index in [2.05, 4.69) is 10.3 Å². The molecule has 4 nitrogen and oxygen atoms in total. The average Bonchev–Trinajstić information content (AvgIpc) is 2.95. The fourth-order valence-corrected chi connectivity index (χ4v) is 3.64. The Kier molecular flexibility index (Phi) is 4.38. The highest BCUT2D eigenvalue weighted by atomic mass is 32.1. The largest absolute Gasteiger partial charge is 0.350 e. The van der Waals surface area contributed by atoms with Crippen LogP contribution in [0.15, 0.2) is 24.3 Å². The molecule has 0 saturated heterocycles. The zero-order chi connectivity index (χ0) is 17.4. The highest BCUT2D eigenvalue weighted by molar-refractivity contribution is 7.19. The number of aromatic nitrogens is 1. The fraction of sp³-hybridized carbons (Fsp3) is 0.235. The van der Waals surface area contributed by atoms with Crippen molar-refractivity contribution < 1.29 is 13.6 Å². The Balaban J connectivity index is 1.98. The summed E-state index contributed by atoms with van der Waals surface area (Å²) in [6, 6.07) is 4.92. The molecule has 0 saturated carbocycles. The number of nitrogens with zero attached hydrogens (tertiary/aromatic N) is 1. The van der Waals surface area contributed by atoms with E-state index in [0.29, 0.717) is 12.2 Å². The molecule has 0 spiro atoms. The van der Waals surface area contributed by atoms with Crippen LogP contribution in [0.3, 0.4) is 0 Å². The Morgan fingerprint density at radius 1 is 1.21 bits per heavy atom. The topological polar surface area (TPSA) is 48.1 Å². The summed E-state index contributed by atoms with van der Waals surface area (Å²) in [4.78, 5) is 18.8. The van der Waals surface area contributed by atoms with Crippen molar-refractivity contribution in [2.45, 2.75) is 13.5 Å². The highest BCUT2D eigenvalue weighted by Crippen LogP contribution is 2.31. The second-order valence-electron chi connectivity index (χ2n) is 5.93. The number of aryl methyl sites for hydroxylation is 1. The van der Waals surface area contributed by atoms with Crippen molar-refractivity contribution in [1.29, 1.82) is 0 Å². The third-order valence-electron chi connectivity index (χ3n) is 3.51. The summed E-state index contributed by atoms with van der Waals surface area (Å²) in [6.07, 6.45) is 0. The molecule has 0 aliphatic carbocycles. The van der Waals surface area contributed by atoms with Crippen LogP contribution in [-0.2, 0) is 6.54 Å². The summed E-state index contributed by atoms with van der Waals surface area (Å²) >= 11 is 1.61. The number of carbonyl (C=O) groups excluding carboxylic acids is 1. The average molecular weight is 349 g/mol. The number of hydrogen-bond acceptors (Lipinski definition) is 3. The summed E-state index contributed by atoms with van der Waals surface area (Å²) in [5, 5.41) is 2.55. The molecule has 1 aromatic carbocycles. The van der Waals surface area contributed by atoms with Gasteiger partial charge in [-0.1, -0.05) is 0 Å². The minimum absolute atomic E-state index is 0.0856. The van der Waals surface area contributed by atoms with Crippen molar-refractivity contribution in [3.8, 4) is 0 Å². The van der Waals surface area contributed by atoms with Gasteiger partial charge in [-0.25, -0.2) is 8.78 Å². The fourth-order valence-electron chi connectivity index (χ4n) is 2.64. The molecule has 3 rings (SSSR count). The maximum atomic E-state index is 13.3.